The van der Waals surface area contributed by atoms with E-state index >= 15 is 0 Å². The summed E-state index contributed by atoms with van der Waals surface area (Å²) in [5.41, 5.74) is 0. The van der Waals surface area contributed by atoms with Crippen LogP contribution in [0, 0.1) is 5.92 Å². The molecule has 0 spiro atoms. The molecule has 1 heterocycles. The van der Waals surface area contributed by atoms with Crippen LogP contribution in [0.4, 0.5) is 0 Å². The molecule has 0 saturated heterocycles. The van der Waals surface area contributed by atoms with Crippen LogP contribution < -0.4 is 4.72 Å². The van der Waals surface area contributed by atoms with E-state index in [1.54, 1.807) is 0 Å². The Hall–Kier alpha value is -1.41. The van der Waals surface area contributed by atoms with Gasteiger partial charge in [0.1, 0.15) is 11.4 Å². The summed E-state index contributed by atoms with van der Waals surface area (Å²) in [4.78, 5) is 10.5. The van der Waals surface area contributed by atoms with Crippen molar-refractivity contribution in [3.63, 3.8) is 0 Å². The number of nitrogens with one attached hydrogen (secondary N) is 1. The fourth-order valence-electron chi connectivity index (χ4n) is 2.41. The fraction of sp³-hybridized carbons (Fsp3) is 0.667. The Balaban J connectivity index is 1.95. The van der Waals surface area contributed by atoms with E-state index in [4.69, 9.17) is 5.11 Å². The van der Waals surface area contributed by atoms with Crippen molar-refractivity contribution in [2.24, 2.45) is 5.92 Å². The molecule has 0 amide bonds. The lowest BCUT2D eigenvalue weighted by atomic mass is 9.90. The lowest BCUT2D eigenvalue weighted by Gasteiger charge is -2.21. The highest BCUT2D eigenvalue weighted by Crippen LogP contribution is 2.23. The van der Waals surface area contributed by atoms with Gasteiger partial charge in [-0.2, -0.15) is 5.10 Å². The molecule has 2 N–H and O–H groups in total. The van der Waals surface area contributed by atoms with Gasteiger partial charge in [-0.15, -0.1) is 0 Å². The molecule has 1 aromatic heterocycles. The van der Waals surface area contributed by atoms with Crippen molar-refractivity contribution >= 4 is 16.0 Å². The molecule has 0 bridgehead atoms. The van der Waals surface area contributed by atoms with Crippen LogP contribution in [0.2, 0.25) is 0 Å². The number of sulfonamides is 1. The van der Waals surface area contributed by atoms with Gasteiger partial charge in [0.25, 0.3) is 0 Å². The van der Waals surface area contributed by atoms with Gasteiger partial charge in [-0.3, -0.25) is 9.48 Å². The van der Waals surface area contributed by atoms with Crippen LogP contribution in [-0.2, 0) is 21.4 Å². The van der Waals surface area contributed by atoms with Crippen LogP contribution in [0.25, 0.3) is 0 Å². The highest BCUT2D eigenvalue weighted by Gasteiger charge is 2.20. The molecule has 112 valence electrons. The summed E-state index contributed by atoms with van der Waals surface area (Å²) in [6.45, 7) is 0.0879. The molecule has 1 aliphatic rings. The quantitative estimate of drug-likeness (QED) is 0.810. The van der Waals surface area contributed by atoms with Gasteiger partial charge in [0.15, 0.2) is 0 Å². The van der Waals surface area contributed by atoms with E-state index in [0.717, 1.165) is 30.4 Å². The Morgan fingerprint density at radius 1 is 1.40 bits per heavy atom. The third-order valence-electron chi connectivity index (χ3n) is 3.50. The van der Waals surface area contributed by atoms with Gasteiger partial charge < -0.3 is 5.11 Å². The zero-order valence-electron chi connectivity index (χ0n) is 11.2. The van der Waals surface area contributed by atoms with Crippen molar-refractivity contribution in [3.05, 3.63) is 12.4 Å². The third kappa shape index (κ3) is 4.04. The third-order valence-corrected chi connectivity index (χ3v) is 4.88. The van der Waals surface area contributed by atoms with Crippen LogP contribution in [0.5, 0.6) is 0 Å². The standard InChI is InChI=1S/C12H19N3O4S/c16-12(17)9-15-8-11(7-13-15)20(18,19)14-6-10-4-2-1-3-5-10/h7-8,10,14H,1-6,9H2,(H,16,17). The summed E-state index contributed by atoms with van der Waals surface area (Å²) >= 11 is 0. The smallest absolute Gasteiger partial charge is 0.325 e. The first-order valence-corrected chi connectivity index (χ1v) is 8.19. The first-order valence-electron chi connectivity index (χ1n) is 6.71. The van der Waals surface area contributed by atoms with E-state index in [1.807, 2.05) is 0 Å². The second-order valence-corrected chi connectivity index (χ2v) is 6.89. The van der Waals surface area contributed by atoms with Crippen LogP contribution in [0.3, 0.4) is 0 Å². The molecular formula is C12H19N3O4S. The lowest BCUT2D eigenvalue weighted by Crippen LogP contribution is -2.30. The highest BCUT2D eigenvalue weighted by molar-refractivity contribution is 7.89. The maximum Gasteiger partial charge on any atom is 0.325 e. The van der Waals surface area contributed by atoms with E-state index in [9.17, 15) is 13.2 Å². The molecule has 7 nitrogen and oxygen atoms in total. The topological polar surface area (TPSA) is 101 Å². The van der Waals surface area contributed by atoms with Crippen LogP contribution >= 0.6 is 0 Å². The Kier molecular flexibility index (Phi) is 4.77. The number of hydrogen-bond donors (Lipinski definition) is 2. The lowest BCUT2D eigenvalue weighted by molar-refractivity contribution is -0.137. The second-order valence-electron chi connectivity index (χ2n) is 5.12. The average molecular weight is 301 g/mol. The number of nitrogens with zero attached hydrogens (tertiary/aromatic N) is 2. The minimum atomic E-state index is -3.60. The van der Waals surface area contributed by atoms with E-state index in [-0.39, 0.29) is 11.4 Å². The largest absolute Gasteiger partial charge is 0.480 e. The van der Waals surface area contributed by atoms with Gasteiger partial charge in [0.2, 0.25) is 10.0 Å². The van der Waals surface area contributed by atoms with Crippen LogP contribution in [0.1, 0.15) is 32.1 Å². The van der Waals surface area contributed by atoms with Crippen molar-refractivity contribution in [2.45, 2.75) is 43.5 Å². The Bertz CT molecular complexity index is 561. The second kappa shape index (κ2) is 6.36. The summed E-state index contributed by atoms with van der Waals surface area (Å²) < 4.78 is 27.8. The number of carbonyl (C=O) groups is 1. The van der Waals surface area contributed by atoms with Crippen molar-refractivity contribution in [3.8, 4) is 0 Å². The van der Waals surface area contributed by atoms with E-state index in [0.29, 0.717) is 12.5 Å². The molecule has 0 atom stereocenters. The summed E-state index contributed by atoms with van der Waals surface area (Å²) in [5, 5.41) is 12.4. The first-order chi connectivity index (χ1) is 9.47. The monoisotopic (exact) mass is 301 g/mol. The zero-order chi connectivity index (χ0) is 14.6. The van der Waals surface area contributed by atoms with Gasteiger partial charge in [-0.1, -0.05) is 19.3 Å². The first kappa shape index (κ1) is 15.0. The molecule has 0 radical (unpaired) electrons. The number of aliphatic carboxylic acids is 1. The number of hydrogen-bond acceptors (Lipinski definition) is 4. The maximum absolute atomic E-state index is 12.1. The Morgan fingerprint density at radius 3 is 2.75 bits per heavy atom. The molecule has 1 aliphatic carbocycles. The van der Waals surface area contributed by atoms with Gasteiger partial charge in [-0.05, 0) is 18.8 Å². The normalized spacial score (nSPS) is 17.2. The average Bonchev–Trinajstić information content (AvgIpc) is 2.86. The molecule has 1 fully saturated rings. The summed E-state index contributed by atoms with van der Waals surface area (Å²) in [5.74, 6) is -0.667. The molecule has 0 aliphatic heterocycles. The molecule has 8 heteroatoms. The van der Waals surface area contributed by atoms with Gasteiger partial charge in [0.05, 0.1) is 6.20 Å². The fourth-order valence-corrected chi connectivity index (χ4v) is 3.48. The molecule has 20 heavy (non-hydrogen) atoms. The molecule has 2 rings (SSSR count). The molecular weight excluding hydrogens is 282 g/mol. The van der Waals surface area contributed by atoms with Gasteiger partial charge in [-0.25, -0.2) is 13.1 Å². The van der Waals surface area contributed by atoms with Crippen molar-refractivity contribution in [2.75, 3.05) is 6.54 Å². The van der Waals surface area contributed by atoms with Gasteiger partial charge in [0, 0.05) is 12.7 Å². The number of carboxylic acids is 1. The van der Waals surface area contributed by atoms with Crippen molar-refractivity contribution in [1.82, 2.24) is 14.5 Å². The van der Waals surface area contributed by atoms with Crippen LogP contribution in [-0.4, -0.2) is 35.8 Å². The predicted molar refractivity (Wildman–Crippen MR) is 71.6 cm³/mol. The number of aromatic nitrogens is 2. The summed E-state index contributed by atoms with van der Waals surface area (Å²) in [6.07, 6.45) is 8.06. The minimum absolute atomic E-state index is 0.00885. The highest BCUT2D eigenvalue weighted by atomic mass is 32.2. The van der Waals surface area contributed by atoms with E-state index in [1.165, 1.54) is 18.8 Å². The van der Waals surface area contributed by atoms with Crippen molar-refractivity contribution in [1.29, 1.82) is 0 Å². The Labute approximate surface area is 118 Å². The van der Waals surface area contributed by atoms with E-state index in [2.05, 4.69) is 9.82 Å². The molecule has 0 unspecified atom stereocenters. The predicted octanol–water partition coefficient (Wildman–Crippen LogP) is 0.826. The van der Waals surface area contributed by atoms with Crippen molar-refractivity contribution < 1.29 is 18.3 Å². The Morgan fingerprint density at radius 2 is 2.10 bits per heavy atom. The number of carboxylic acid groups (broad SMARTS) is 1. The SMILES string of the molecule is O=C(O)Cn1cc(S(=O)(=O)NCC2CCCCC2)cn1. The number of rotatable bonds is 6. The van der Waals surface area contributed by atoms with Crippen LogP contribution in [0.15, 0.2) is 17.3 Å². The summed E-state index contributed by atoms with van der Waals surface area (Å²) in [7, 11) is -3.60. The van der Waals surface area contributed by atoms with E-state index < -0.39 is 16.0 Å². The molecule has 1 aromatic rings. The zero-order valence-corrected chi connectivity index (χ0v) is 12.0. The molecule has 1 saturated carbocycles. The maximum atomic E-state index is 12.1. The summed E-state index contributed by atoms with van der Waals surface area (Å²) in [6, 6.07) is 0. The van der Waals surface area contributed by atoms with Gasteiger partial charge >= 0.3 is 5.97 Å². The molecule has 0 aromatic carbocycles. The minimum Gasteiger partial charge on any atom is -0.480 e.